The van der Waals surface area contributed by atoms with Gasteiger partial charge in [-0.1, -0.05) is 0 Å². The third-order valence-electron chi connectivity index (χ3n) is 1.47. The summed E-state index contributed by atoms with van der Waals surface area (Å²) in [6, 6.07) is -0.489. The van der Waals surface area contributed by atoms with Crippen molar-refractivity contribution in [1.29, 1.82) is 0 Å². The van der Waals surface area contributed by atoms with Gasteiger partial charge >= 0.3 is 0 Å². The van der Waals surface area contributed by atoms with Crippen LogP contribution < -0.4 is 16.8 Å². The molecule has 0 aliphatic rings. The molecule has 0 saturated carbocycles. The van der Waals surface area contributed by atoms with Crippen LogP contribution in [0.4, 0.5) is 0 Å². The van der Waals surface area contributed by atoms with Gasteiger partial charge in [-0.15, -0.1) is 0 Å². The summed E-state index contributed by atoms with van der Waals surface area (Å²) in [4.78, 5) is 0. The molecule has 0 aromatic rings. The second-order valence-corrected chi connectivity index (χ2v) is 2.54. The smallest absolute Gasteiger partial charge is 0.128 e. The third-order valence-corrected chi connectivity index (χ3v) is 1.47. The van der Waals surface area contributed by atoms with Crippen LogP contribution in [0.3, 0.4) is 0 Å². The molecule has 3 atom stereocenters. The fraction of sp³-hybridized carbons (Fsp3) is 1.00. The third kappa shape index (κ3) is 4.60. The van der Waals surface area contributed by atoms with E-state index < -0.39 is 25.1 Å². The topological polar surface area (TPSA) is 125 Å². The molecule has 8 N–H and O–H groups in total. The van der Waals surface area contributed by atoms with Crippen LogP contribution in [-0.2, 0) is 0 Å². The van der Waals surface area contributed by atoms with Gasteiger partial charge in [0.15, 0.2) is 0 Å². The zero-order chi connectivity index (χ0) is 9.56. The molecule has 6 nitrogen and oxygen atoms in total. The normalized spacial score (nSPS) is 18.8. The fourth-order valence-corrected chi connectivity index (χ4v) is 0.832. The largest absolute Gasteiger partial charge is 0.392 e. The van der Waals surface area contributed by atoms with Gasteiger partial charge in [-0.05, 0) is 13.0 Å². The highest BCUT2D eigenvalue weighted by molar-refractivity contribution is 4.72. The van der Waals surface area contributed by atoms with Crippen molar-refractivity contribution < 1.29 is 15.3 Å². The summed E-state index contributed by atoms with van der Waals surface area (Å²) in [6.07, 6.45) is -1.72. The minimum atomic E-state index is -1.09. The van der Waals surface area contributed by atoms with Gasteiger partial charge in [0.25, 0.3) is 0 Å². The predicted molar refractivity (Wildman–Crippen MR) is 43.9 cm³/mol. The first-order valence-electron chi connectivity index (χ1n) is 3.80. The summed E-state index contributed by atoms with van der Waals surface area (Å²) in [5, 5.41) is 28.9. The number of rotatable bonds is 6. The van der Waals surface area contributed by atoms with E-state index in [0.717, 1.165) is 0 Å². The van der Waals surface area contributed by atoms with E-state index in [1.54, 1.807) is 0 Å². The highest BCUT2D eigenvalue weighted by atomic mass is 16.3. The summed E-state index contributed by atoms with van der Waals surface area (Å²) in [7, 11) is 0. The minimum absolute atomic E-state index is 0.351. The molecular formula is C6H17N3O3. The quantitative estimate of drug-likeness (QED) is 0.240. The highest BCUT2D eigenvalue weighted by Crippen LogP contribution is 1.94. The fourth-order valence-electron chi connectivity index (χ4n) is 0.832. The second-order valence-electron chi connectivity index (χ2n) is 2.54. The Morgan fingerprint density at radius 1 is 1.33 bits per heavy atom. The lowest BCUT2D eigenvalue weighted by atomic mass is 10.2. The van der Waals surface area contributed by atoms with Crippen LogP contribution >= 0.6 is 0 Å². The zero-order valence-corrected chi connectivity index (χ0v) is 6.85. The molecule has 0 aromatic carbocycles. The highest BCUT2D eigenvalue weighted by Gasteiger charge is 2.16. The van der Waals surface area contributed by atoms with E-state index in [1.807, 2.05) is 0 Å². The molecule has 74 valence electrons. The molecule has 3 unspecified atom stereocenters. The summed E-state index contributed by atoms with van der Waals surface area (Å²) >= 11 is 0. The van der Waals surface area contributed by atoms with Gasteiger partial charge in [-0.2, -0.15) is 0 Å². The Morgan fingerprint density at radius 3 is 2.25 bits per heavy atom. The maximum absolute atomic E-state index is 8.95. The molecule has 0 aliphatic heterocycles. The van der Waals surface area contributed by atoms with Gasteiger partial charge in [0.2, 0.25) is 0 Å². The van der Waals surface area contributed by atoms with Gasteiger partial charge in [0, 0.05) is 6.04 Å². The van der Waals surface area contributed by atoms with Crippen molar-refractivity contribution in [2.75, 3.05) is 13.2 Å². The first-order chi connectivity index (χ1) is 5.61. The Labute approximate surface area is 71.2 Å². The number of nitrogens with one attached hydrogen (secondary N) is 1. The van der Waals surface area contributed by atoms with Crippen LogP contribution in [0.15, 0.2) is 0 Å². The molecule has 0 heterocycles. The van der Waals surface area contributed by atoms with Gasteiger partial charge in [0.05, 0.1) is 6.61 Å². The SMILES string of the molecule is NCCC(NC(O)CO)C(N)O. The molecule has 0 radical (unpaired) electrons. The molecule has 0 spiro atoms. The van der Waals surface area contributed by atoms with Crippen LogP contribution in [0.25, 0.3) is 0 Å². The van der Waals surface area contributed by atoms with Crippen molar-refractivity contribution in [2.45, 2.75) is 24.9 Å². The monoisotopic (exact) mass is 179 g/mol. The maximum atomic E-state index is 8.95. The molecule has 0 saturated heterocycles. The van der Waals surface area contributed by atoms with Crippen molar-refractivity contribution >= 4 is 0 Å². The van der Waals surface area contributed by atoms with Crippen molar-refractivity contribution in [2.24, 2.45) is 11.5 Å². The lowest BCUT2D eigenvalue weighted by molar-refractivity contribution is 0.0299. The number of nitrogens with two attached hydrogens (primary N) is 2. The summed E-state index contributed by atoms with van der Waals surface area (Å²) < 4.78 is 0. The second kappa shape index (κ2) is 6.30. The van der Waals surface area contributed by atoms with E-state index in [4.69, 9.17) is 26.8 Å². The first-order valence-corrected chi connectivity index (χ1v) is 3.80. The van der Waals surface area contributed by atoms with Crippen LogP contribution in [-0.4, -0.2) is 47.0 Å². The average molecular weight is 179 g/mol. The van der Waals surface area contributed by atoms with E-state index in [-0.39, 0.29) is 0 Å². The van der Waals surface area contributed by atoms with Crippen molar-refractivity contribution in [3.63, 3.8) is 0 Å². The summed E-state index contributed by atoms with van der Waals surface area (Å²) in [5.74, 6) is 0. The summed E-state index contributed by atoms with van der Waals surface area (Å²) in [5.41, 5.74) is 10.4. The van der Waals surface area contributed by atoms with Crippen molar-refractivity contribution in [1.82, 2.24) is 5.32 Å². The molecule has 0 aromatic heterocycles. The van der Waals surface area contributed by atoms with Crippen LogP contribution in [0.2, 0.25) is 0 Å². The standard InChI is InChI=1S/C6H17N3O3/c7-2-1-4(6(8)12)9-5(11)3-10/h4-6,9-12H,1-3,7-8H2. The Kier molecular flexibility index (Phi) is 6.17. The summed E-state index contributed by atoms with van der Waals surface area (Å²) in [6.45, 7) is -0.0716. The zero-order valence-electron chi connectivity index (χ0n) is 6.85. The van der Waals surface area contributed by atoms with Crippen LogP contribution in [0, 0.1) is 0 Å². The van der Waals surface area contributed by atoms with Gasteiger partial charge < -0.3 is 26.8 Å². The lowest BCUT2D eigenvalue weighted by Crippen LogP contribution is -2.51. The van der Waals surface area contributed by atoms with Crippen LogP contribution in [0.5, 0.6) is 0 Å². The van der Waals surface area contributed by atoms with Crippen molar-refractivity contribution in [3.8, 4) is 0 Å². The Hall–Kier alpha value is -0.240. The predicted octanol–water partition coefficient (Wildman–Crippen LogP) is -3.12. The van der Waals surface area contributed by atoms with E-state index in [9.17, 15) is 0 Å². The molecule has 0 bridgehead atoms. The average Bonchev–Trinajstić information content (AvgIpc) is 2.03. The molecule has 6 heteroatoms. The molecular weight excluding hydrogens is 162 g/mol. The van der Waals surface area contributed by atoms with E-state index in [2.05, 4.69) is 5.32 Å². The molecule has 0 rings (SSSR count). The van der Waals surface area contributed by atoms with Gasteiger partial charge in [0.1, 0.15) is 12.5 Å². The first kappa shape index (κ1) is 11.8. The number of aliphatic hydroxyl groups excluding tert-OH is 3. The number of aliphatic hydroxyl groups is 3. The number of hydrogen-bond acceptors (Lipinski definition) is 6. The van der Waals surface area contributed by atoms with Crippen LogP contribution in [0.1, 0.15) is 6.42 Å². The minimum Gasteiger partial charge on any atom is -0.392 e. The Morgan fingerprint density at radius 2 is 1.92 bits per heavy atom. The van der Waals surface area contributed by atoms with Gasteiger partial charge in [-0.3, -0.25) is 5.32 Å². The molecule has 0 amide bonds. The van der Waals surface area contributed by atoms with Crippen molar-refractivity contribution in [3.05, 3.63) is 0 Å². The number of hydrogen-bond donors (Lipinski definition) is 6. The maximum Gasteiger partial charge on any atom is 0.128 e. The lowest BCUT2D eigenvalue weighted by Gasteiger charge is -2.23. The van der Waals surface area contributed by atoms with Gasteiger partial charge in [-0.25, -0.2) is 0 Å². The van der Waals surface area contributed by atoms with E-state index in [1.165, 1.54) is 0 Å². The Bertz CT molecular complexity index is 112. The molecule has 0 fully saturated rings. The van der Waals surface area contributed by atoms with E-state index >= 15 is 0 Å². The molecule has 12 heavy (non-hydrogen) atoms. The Balaban J connectivity index is 3.77. The molecule has 0 aliphatic carbocycles. The van der Waals surface area contributed by atoms with E-state index in [0.29, 0.717) is 13.0 Å².